The molecule has 1 amide bonds. The van der Waals surface area contributed by atoms with E-state index < -0.39 is 16.1 Å². The summed E-state index contributed by atoms with van der Waals surface area (Å²) >= 11 is 0. The quantitative estimate of drug-likeness (QED) is 0.871. The molecule has 0 bridgehead atoms. The van der Waals surface area contributed by atoms with Gasteiger partial charge in [0.2, 0.25) is 15.9 Å². The number of sulfonamides is 1. The third kappa shape index (κ3) is 4.38. The van der Waals surface area contributed by atoms with Crippen LogP contribution in [-0.2, 0) is 20.2 Å². The highest BCUT2D eigenvalue weighted by Crippen LogP contribution is 2.32. The van der Waals surface area contributed by atoms with Crippen LogP contribution in [0.25, 0.3) is 0 Å². The second-order valence-corrected chi connectivity index (χ2v) is 10.0. The van der Waals surface area contributed by atoms with Crippen LogP contribution >= 0.6 is 0 Å². The lowest BCUT2D eigenvalue weighted by molar-refractivity contribution is -0.134. The molecular weight excluding hydrogens is 352 g/mol. The molecule has 1 aromatic carbocycles. The molecule has 0 spiro atoms. The monoisotopic (exact) mass is 380 g/mol. The normalized spacial score (nSPS) is 23.8. The van der Waals surface area contributed by atoms with E-state index in [1.54, 1.807) is 4.90 Å². The van der Waals surface area contributed by atoms with Gasteiger partial charge in [-0.25, -0.2) is 13.1 Å². The number of para-hydroxylation sites is 1. The number of piperidine rings is 1. The molecule has 2 aliphatic heterocycles. The van der Waals surface area contributed by atoms with Gasteiger partial charge < -0.3 is 9.64 Å². The van der Waals surface area contributed by atoms with Crippen LogP contribution in [0.4, 0.5) is 0 Å². The van der Waals surface area contributed by atoms with Crippen LogP contribution in [0.2, 0.25) is 0 Å². The van der Waals surface area contributed by atoms with Gasteiger partial charge in [0.1, 0.15) is 17.9 Å². The van der Waals surface area contributed by atoms with E-state index in [0.29, 0.717) is 19.5 Å². The van der Waals surface area contributed by atoms with Gasteiger partial charge in [0.05, 0.1) is 5.75 Å². The highest BCUT2D eigenvalue weighted by atomic mass is 32.2. The molecule has 0 saturated carbocycles. The molecule has 2 aliphatic rings. The minimum atomic E-state index is -3.27. The van der Waals surface area contributed by atoms with Crippen molar-refractivity contribution in [3.8, 4) is 5.75 Å². The first-order valence-corrected chi connectivity index (χ1v) is 10.9. The van der Waals surface area contributed by atoms with Gasteiger partial charge in [-0.2, -0.15) is 0 Å². The Morgan fingerprint density at radius 3 is 2.38 bits per heavy atom. The molecule has 2 heterocycles. The SMILES string of the molecule is CC(C)(C)c1ccccc1OC1CCN(C(=O)C2CCS(=O)(=O)N2)CC1. The molecule has 26 heavy (non-hydrogen) atoms. The molecular formula is C19H28N2O4S. The standard InChI is InChI=1S/C19H28N2O4S/c1-19(2,3)15-6-4-5-7-17(15)25-14-8-11-21(12-9-14)18(22)16-10-13-26(23,24)20-16/h4-7,14,16,20H,8-13H2,1-3H3. The molecule has 1 N–H and O–H groups in total. The van der Waals surface area contributed by atoms with Crippen LogP contribution < -0.4 is 9.46 Å². The van der Waals surface area contributed by atoms with E-state index in [0.717, 1.165) is 18.6 Å². The molecule has 1 unspecified atom stereocenters. The van der Waals surface area contributed by atoms with E-state index in [2.05, 4.69) is 31.6 Å². The minimum absolute atomic E-state index is 0.00684. The number of carbonyl (C=O) groups excluding carboxylic acids is 1. The summed E-state index contributed by atoms with van der Waals surface area (Å²) < 4.78 is 31.7. The largest absolute Gasteiger partial charge is 0.490 e. The Bertz CT molecular complexity index is 762. The van der Waals surface area contributed by atoms with Crippen molar-refractivity contribution in [1.29, 1.82) is 0 Å². The van der Waals surface area contributed by atoms with Crippen molar-refractivity contribution in [3.63, 3.8) is 0 Å². The molecule has 1 aromatic rings. The second-order valence-electron chi connectivity index (χ2n) is 8.17. The van der Waals surface area contributed by atoms with E-state index in [9.17, 15) is 13.2 Å². The third-order valence-electron chi connectivity index (χ3n) is 5.04. The third-order valence-corrected chi connectivity index (χ3v) is 6.45. The lowest BCUT2D eigenvalue weighted by Gasteiger charge is -2.34. The maximum absolute atomic E-state index is 12.5. The Labute approximate surface area is 156 Å². The number of likely N-dealkylation sites (tertiary alicyclic amines) is 1. The predicted octanol–water partition coefficient (Wildman–Crippen LogP) is 2.05. The van der Waals surface area contributed by atoms with Gasteiger partial charge in [0.15, 0.2) is 0 Å². The molecule has 2 saturated heterocycles. The van der Waals surface area contributed by atoms with Crippen LogP contribution in [0.1, 0.15) is 45.6 Å². The lowest BCUT2D eigenvalue weighted by Crippen LogP contribution is -2.49. The van der Waals surface area contributed by atoms with Gasteiger partial charge >= 0.3 is 0 Å². The molecule has 0 aliphatic carbocycles. The maximum atomic E-state index is 12.5. The van der Waals surface area contributed by atoms with Gasteiger partial charge in [-0.3, -0.25) is 4.79 Å². The van der Waals surface area contributed by atoms with Crippen molar-refractivity contribution in [2.45, 2.75) is 57.6 Å². The molecule has 1 atom stereocenters. The van der Waals surface area contributed by atoms with Crippen molar-refractivity contribution >= 4 is 15.9 Å². The number of nitrogens with zero attached hydrogens (tertiary/aromatic N) is 1. The van der Waals surface area contributed by atoms with Crippen molar-refractivity contribution < 1.29 is 17.9 Å². The first-order chi connectivity index (χ1) is 12.2. The summed E-state index contributed by atoms with van der Waals surface area (Å²) in [4.78, 5) is 14.3. The summed E-state index contributed by atoms with van der Waals surface area (Å²) in [5.74, 6) is 0.833. The Kier molecular flexibility index (Phi) is 5.30. The number of ether oxygens (including phenoxy) is 1. The van der Waals surface area contributed by atoms with Crippen LogP contribution in [-0.4, -0.2) is 50.2 Å². The number of hydrogen-bond acceptors (Lipinski definition) is 4. The molecule has 0 aromatic heterocycles. The van der Waals surface area contributed by atoms with Gasteiger partial charge in [-0.15, -0.1) is 0 Å². The smallest absolute Gasteiger partial charge is 0.240 e. The van der Waals surface area contributed by atoms with Crippen molar-refractivity contribution in [3.05, 3.63) is 29.8 Å². The summed E-state index contributed by atoms with van der Waals surface area (Å²) in [7, 11) is -3.27. The number of amides is 1. The zero-order chi connectivity index (χ0) is 18.9. The van der Waals surface area contributed by atoms with Gasteiger partial charge in [0, 0.05) is 25.9 Å². The minimum Gasteiger partial charge on any atom is -0.490 e. The highest BCUT2D eigenvalue weighted by Gasteiger charge is 2.36. The van der Waals surface area contributed by atoms with Crippen LogP contribution in [0.5, 0.6) is 5.75 Å². The summed E-state index contributed by atoms with van der Waals surface area (Å²) in [6.45, 7) is 7.69. The number of nitrogens with one attached hydrogen (secondary N) is 1. The van der Waals surface area contributed by atoms with Crippen LogP contribution in [0.15, 0.2) is 24.3 Å². The topological polar surface area (TPSA) is 75.7 Å². The molecule has 7 heteroatoms. The molecule has 6 nitrogen and oxygen atoms in total. The summed E-state index contributed by atoms with van der Waals surface area (Å²) in [6, 6.07) is 7.51. The molecule has 3 rings (SSSR count). The van der Waals surface area contributed by atoms with E-state index in [1.165, 1.54) is 5.56 Å². The van der Waals surface area contributed by atoms with E-state index >= 15 is 0 Å². The average Bonchev–Trinajstić information content (AvgIpc) is 2.94. The highest BCUT2D eigenvalue weighted by molar-refractivity contribution is 7.89. The summed E-state index contributed by atoms with van der Waals surface area (Å²) in [5.41, 5.74) is 1.19. The Hall–Kier alpha value is -1.60. The van der Waals surface area contributed by atoms with E-state index in [1.807, 2.05) is 18.2 Å². The first kappa shape index (κ1) is 19.2. The van der Waals surface area contributed by atoms with Crippen molar-refractivity contribution in [1.82, 2.24) is 9.62 Å². The molecule has 0 radical (unpaired) electrons. The predicted molar refractivity (Wildman–Crippen MR) is 101 cm³/mol. The van der Waals surface area contributed by atoms with Crippen LogP contribution in [0.3, 0.4) is 0 Å². The fourth-order valence-corrected chi connectivity index (χ4v) is 4.88. The van der Waals surface area contributed by atoms with Crippen molar-refractivity contribution in [2.24, 2.45) is 0 Å². The fourth-order valence-electron chi connectivity index (χ4n) is 3.56. The zero-order valence-electron chi connectivity index (χ0n) is 15.7. The average molecular weight is 381 g/mol. The first-order valence-electron chi connectivity index (χ1n) is 9.21. The number of hydrogen-bond donors (Lipinski definition) is 1. The number of rotatable bonds is 3. The van der Waals surface area contributed by atoms with Gasteiger partial charge in [-0.1, -0.05) is 39.0 Å². The van der Waals surface area contributed by atoms with Crippen molar-refractivity contribution in [2.75, 3.05) is 18.8 Å². The van der Waals surface area contributed by atoms with E-state index in [-0.39, 0.29) is 23.2 Å². The Balaban J connectivity index is 1.57. The maximum Gasteiger partial charge on any atom is 0.240 e. The number of benzene rings is 1. The molecule has 2 fully saturated rings. The fraction of sp³-hybridized carbons (Fsp3) is 0.632. The van der Waals surface area contributed by atoms with E-state index in [4.69, 9.17) is 4.74 Å². The Morgan fingerprint density at radius 1 is 1.15 bits per heavy atom. The molecule has 144 valence electrons. The van der Waals surface area contributed by atoms with Gasteiger partial charge in [0.25, 0.3) is 0 Å². The summed E-state index contributed by atoms with van der Waals surface area (Å²) in [6.07, 6.45) is 1.94. The second kappa shape index (κ2) is 7.19. The summed E-state index contributed by atoms with van der Waals surface area (Å²) in [5, 5.41) is 0. The Morgan fingerprint density at radius 2 is 1.81 bits per heavy atom. The number of carbonyl (C=O) groups is 1. The lowest BCUT2D eigenvalue weighted by atomic mass is 9.86. The van der Waals surface area contributed by atoms with Crippen LogP contribution in [0, 0.1) is 0 Å². The zero-order valence-corrected chi connectivity index (χ0v) is 16.5. The van der Waals surface area contributed by atoms with Gasteiger partial charge in [-0.05, 0) is 23.5 Å².